The second-order valence-corrected chi connectivity index (χ2v) is 6.73. The van der Waals surface area contributed by atoms with Gasteiger partial charge in [0.15, 0.2) is 0 Å². The van der Waals surface area contributed by atoms with Crippen LogP contribution in [0.3, 0.4) is 0 Å². The van der Waals surface area contributed by atoms with E-state index in [2.05, 4.69) is 0 Å². The van der Waals surface area contributed by atoms with Gasteiger partial charge in [-0.2, -0.15) is 0 Å². The van der Waals surface area contributed by atoms with E-state index in [-0.39, 0.29) is 24.5 Å². The van der Waals surface area contributed by atoms with Crippen LogP contribution < -0.4 is 0 Å². The summed E-state index contributed by atoms with van der Waals surface area (Å²) in [6.45, 7) is 6.04. The molecule has 0 aliphatic heterocycles. The van der Waals surface area contributed by atoms with Crippen molar-refractivity contribution in [2.24, 2.45) is 16.7 Å². The second-order valence-electron chi connectivity index (χ2n) is 6.73. The first kappa shape index (κ1) is 16.5. The molecule has 2 rings (SSSR count). The second kappa shape index (κ2) is 6.11. The number of esters is 2. The lowest BCUT2D eigenvalue weighted by Crippen LogP contribution is -2.43. The standard InChI is InChI=1S/C18H24O4/c1-17(2)14(10-11-18(17,3)16(20)21-4)15(19)22-12-13-8-6-5-7-9-13/h5-9,14H,10-12H2,1-4H3/t14-,18-/m0/s1. The maximum atomic E-state index is 12.5. The maximum absolute atomic E-state index is 12.5. The number of methoxy groups -OCH3 is 1. The smallest absolute Gasteiger partial charge is 0.312 e. The van der Waals surface area contributed by atoms with Gasteiger partial charge in [0, 0.05) is 0 Å². The largest absolute Gasteiger partial charge is 0.469 e. The van der Waals surface area contributed by atoms with Gasteiger partial charge in [-0.15, -0.1) is 0 Å². The molecule has 4 nitrogen and oxygen atoms in total. The van der Waals surface area contributed by atoms with E-state index in [0.29, 0.717) is 12.8 Å². The summed E-state index contributed by atoms with van der Waals surface area (Å²) in [5.74, 6) is -0.780. The van der Waals surface area contributed by atoms with Crippen molar-refractivity contribution in [3.05, 3.63) is 35.9 Å². The molecule has 0 unspecified atom stereocenters. The topological polar surface area (TPSA) is 52.6 Å². The fourth-order valence-electron chi connectivity index (χ4n) is 3.33. The monoisotopic (exact) mass is 304 g/mol. The molecule has 0 N–H and O–H groups in total. The Morgan fingerprint density at radius 2 is 1.82 bits per heavy atom. The molecule has 0 bridgehead atoms. The van der Waals surface area contributed by atoms with E-state index in [1.807, 2.05) is 51.1 Å². The van der Waals surface area contributed by atoms with Crippen LogP contribution in [0.15, 0.2) is 30.3 Å². The Labute approximate surface area is 131 Å². The number of rotatable bonds is 4. The Morgan fingerprint density at radius 3 is 2.41 bits per heavy atom. The molecule has 0 spiro atoms. The van der Waals surface area contributed by atoms with Crippen LogP contribution in [-0.2, 0) is 25.7 Å². The molecule has 0 heterocycles. The Bertz CT molecular complexity index is 549. The summed E-state index contributed by atoms with van der Waals surface area (Å²) < 4.78 is 10.4. The highest BCUT2D eigenvalue weighted by Crippen LogP contribution is 2.56. The van der Waals surface area contributed by atoms with Gasteiger partial charge in [-0.05, 0) is 30.7 Å². The minimum absolute atomic E-state index is 0.235. The third kappa shape index (κ3) is 2.74. The van der Waals surface area contributed by atoms with Crippen LogP contribution in [0.2, 0.25) is 0 Å². The highest BCUT2D eigenvalue weighted by Gasteiger charge is 2.59. The van der Waals surface area contributed by atoms with E-state index < -0.39 is 10.8 Å². The van der Waals surface area contributed by atoms with Gasteiger partial charge in [0.1, 0.15) is 6.61 Å². The Hall–Kier alpha value is -1.84. The van der Waals surface area contributed by atoms with Crippen LogP contribution in [0.25, 0.3) is 0 Å². The molecule has 1 aromatic carbocycles. The summed E-state index contributed by atoms with van der Waals surface area (Å²) in [6.07, 6.45) is 1.28. The molecule has 0 radical (unpaired) electrons. The van der Waals surface area contributed by atoms with Crippen LogP contribution in [0.4, 0.5) is 0 Å². The van der Waals surface area contributed by atoms with Crippen molar-refractivity contribution in [3.8, 4) is 0 Å². The Morgan fingerprint density at radius 1 is 1.18 bits per heavy atom. The van der Waals surface area contributed by atoms with Crippen LogP contribution in [0.1, 0.15) is 39.2 Å². The fourth-order valence-corrected chi connectivity index (χ4v) is 3.33. The lowest BCUT2D eigenvalue weighted by Gasteiger charge is -2.38. The minimum atomic E-state index is -0.655. The predicted molar refractivity (Wildman–Crippen MR) is 82.9 cm³/mol. The molecule has 120 valence electrons. The van der Waals surface area contributed by atoms with E-state index in [0.717, 1.165) is 5.56 Å². The molecule has 1 saturated carbocycles. The van der Waals surface area contributed by atoms with Gasteiger partial charge in [-0.3, -0.25) is 9.59 Å². The van der Waals surface area contributed by atoms with Crippen LogP contribution in [-0.4, -0.2) is 19.0 Å². The van der Waals surface area contributed by atoms with Crippen LogP contribution in [0.5, 0.6) is 0 Å². The van der Waals surface area contributed by atoms with Crippen molar-refractivity contribution < 1.29 is 19.1 Å². The number of ether oxygens (including phenoxy) is 2. The fraction of sp³-hybridized carbons (Fsp3) is 0.556. The number of benzene rings is 1. The lowest BCUT2D eigenvalue weighted by atomic mass is 9.65. The highest BCUT2D eigenvalue weighted by atomic mass is 16.5. The molecule has 0 aromatic heterocycles. The van der Waals surface area contributed by atoms with Crippen LogP contribution >= 0.6 is 0 Å². The van der Waals surface area contributed by atoms with Crippen molar-refractivity contribution in [2.45, 2.75) is 40.2 Å². The summed E-state index contributed by atoms with van der Waals surface area (Å²) in [4.78, 5) is 24.6. The normalized spacial score (nSPS) is 26.5. The zero-order valence-electron chi connectivity index (χ0n) is 13.7. The first-order valence-corrected chi connectivity index (χ1v) is 7.62. The van der Waals surface area contributed by atoms with Crippen molar-refractivity contribution >= 4 is 11.9 Å². The quantitative estimate of drug-likeness (QED) is 0.801. The van der Waals surface area contributed by atoms with Gasteiger partial charge >= 0.3 is 11.9 Å². The van der Waals surface area contributed by atoms with E-state index in [1.165, 1.54) is 7.11 Å². The molecule has 2 atom stereocenters. The van der Waals surface area contributed by atoms with Crippen molar-refractivity contribution in [1.82, 2.24) is 0 Å². The molecule has 1 fully saturated rings. The van der Waals surface area contributed by atoms with Gasteiger partial charge in [-0.1, -0.05) is 44.2 Å². The Balaban J connectivity index is 2.06. The van der Waals surface area contributed by atoms with Gasteiger partial charge < -0.3 is 9.47 Å². The van der Waals surface area contributed by atoms with Crippen LogP contribution in [0, 0.1) is 16.7 Å². The summed E-state index contributed by atoms with van der Waals surface area (Å²) in [6, 6.07) is 9.60. The van der Waals surface area contributed by atoms with Crippen molar-refractivity contribution in [3.63, 3.8) is 0 Å². The number of hydrogen-bond acceptors (Lipinski definition) is 4. The van der Waals surface area contributed by atoms with Gasteiger partial charge in [0.25, 0.3) is 0 Å². The van der Waals surface area contributed by atoms with E-state index in [1.54, 1.807) is 0 Å². The summed E-state index contributed by atoms with van der Waals surface area (Å²) in [5, 5.41) is 0. The molecular weight excluding hydrogens is 280 g/mol. The molecule has 0 amide bonds. The Kier molecular flexibility index (Phi) is 4.59. The molecule has 4 heteroatoms. The zero-order chi connectivity index (χ0) is 16.4. The first-order valence-electron chi connectivity index (χ1n) is 7.62. The molecule has 0 saturated heterocycles. The average Bonchev–Trinajstić information content (AvgIpc) is 2.76. The number of carbonyl (C=O) groups excluding carboxylic acids is 2. The number of hydrogen-bond donors (Lipinski definition) is 0. The molecule has 1 aliphatic rings. The minimum Gasteiger partial charge on any atom is -0.469 e. The average molecular weight is 304 g/mol. The predicted octanol–water partition coefficient (Wildman–Crippen LogP) is 3.35. The van der Waals surface area contributed by atoms with Crippen molar-refractivity contribution in [1.29, 1.82) is 0 Å². The summed E-state index contributed by atoms with van der Waals surface area (Å²) in [7, 11) is 1.39. The van der Waals surface area contributed by atoms with Gasteiger partial charge in [0.2, 0.25) is 0 Å². The summed E-state index contributed by atoms with van der Waals surface area (Å²) in [5.41, 5.74) is -0.186. The third-order valence-electron chi connectivity index (χ3n) is 5.37. The lowest BCUT2D eigenvalue weighted by molar-refractivity contribution is -0.163. The highest BCUT2D eigenvalue weighted by molar-refractivity contribution is 5.82. The zero-order valence-corrected chi connectivity index (χ0v) is 13.7. The molecular formula is C18H24O4. The third-order valence-corrected chi connectivity index (χ3v) is 5.37. The SMILES string of the molecule is COC(=O)[C@]1(C)CC[C@@H](C(=O)OCc2ccccc2)C1(C)C. The van der Waals surface area contributed by atoms with E-state index in [9.17, 15) is 9.59 Å². The maximum Gasteiger partial charge on any atom is 0.312 e. The first-order chi connectivity index (χ1) is 10.3. The molecule has 1 aromatic rings. The summed E-state index contributed by atoms with van der Waals surface area (Å²) >= 11 is 0. The van der Waals surface area contributed by atoms with Gasteiger partial charge in [0.05, 0.1) is 18.4 Å². The van der Waals surface area contributed by atoms with E-state index >= 15 is 0 Å². The number of carbonyl (C=O) groups is 2. The van der Waals surface area contributed by atoms with E-state index in [4.69, 9.17) is 9.47 Å². The van der Waals surface area contributed by atoms with Crippen molar-refractivity contribution in [2.75, 3.05) is 7.11 Å². The molecule has 1 aliphatic carbocycles. The molecule has 22 heavy (non-hydrogen) atoms. The van der Waals surface area contributed by atoms with Gasteiger partial charge in [-0.25, -0.2) is 0 Å².